The van der Waals surface area contributed by atoms with Gasteiger partial charge in [-0.15, -0.1) is 0 Å². The molecule has 1 unspecified atom stereocenters. The number of amides is 3. The zero-order valence-corrected chi connectivity index (χ0v) is 20.4. The summed E-state index contributed by atoms with van der Waals surface area (Å²) in [7, 11) is 1.88. The van der Waals surface area contributed by atoms with Gasteiger partial charge in [-0.3, -0.25) is 19.6 Å². The van der Waals surface area contributed by atoms with Crippen LogP contribution in [0.1, 0.15) is 70.9 Å². The molecule has 3 amide bonds. The van der Waals surface area contributed by atoms with Gasteiger partial charge in [-0.05, 0) is 77.0 Å². The summed E-state index contributed by atoms with van der Waals surface area (Å²) >= 11 is 0. The molecule has 2 aromatic rings. The molecule has 1 aromatic heterocycles. The van der Waals surface area contributed by atoms with Crippen molar-refractivity contribution in [1.82, 2.24) is 20.4 Å². The van der Waals surface area contributed by atoms with Crippen LogP contribution in [-0.4, -0.2) is 45.9 Å². The molecule has 2 fully saturated rings. The highest BCUT2D eigenvalue weighted by atomic mass is 16.6. The fraction of sp³-hybridized carbons (Fsp3) is 0.600. The van der Waals surface area contributed by atoms with Crippen molar-refractivity contribution in [3.63, 3.8) is 0 Å². The number of anilines is 1. The van der Waals surface area contributed by atoms with Crippen LogP contribution < -0.4 is 16.0 Å². The minimum Gasteiger partial charge on any atom is -0.444 e. The third kappa shape index (κ3) is 5.69. The molecule has 1 aliphatic heterocycles. The van der Waals surface area contributed by atoms with Crippen molar-refractivity contribution in [2.75, 3.05) is 11.9 Å². The number of alkyl carbamates (subject to hydrolysis) is 1. The van der Waals surface area contributed by atoms with Crippen molar-refractivity contribution in [2.24, 2.45) is 13.0 Å². The van der Waals surface area contributed by atoms with E-state index in [9.17, 15) is 14.4 Å². The van der Waals surface area contributed by atoms with Crippen LogP contribution >= 0.6 is 0 Å². The number of aromatic nitrogens is 2. The predicted molar refractivity (Wildman–Crippen MR) is 129 cm³/mol. The van der Waals surface area contributed by atoms with Gasteiger partial charge < -0.3 is 15.4 Å². The molecule has 2 aliphatic rings. The average Bonchev–Trinajstić information content (AvgIpc) is 3.08. The number of rotatable bonds is 5. The van der Waals surface area contributed by atoms with Gasteiger partial charge in [0.25, 0.3) is 0 Å². The zero-order valence-electron chi connectivity index (χ0n) is 20.4. The Balaban J connectivity index is 1.33. The molecule has 4 rings (SSSR count). The number of hydrogen-bond donors (Lipinski definition) is 3. The summed E-state index contributed by atoms with van der Waals surface area (Å²) < 4.78 is 7.12. The fourth-order valence-electron chi connectivity index (χ4n) is 4.88. The Kier molecular flexibility index (Phi) is 6.81. The molecule has 34 heavy (non-hydrogen) atoms. The Labute approximate surface area is 200 Å². The van der Waals surface area contributed by atoms with Gasteiger partial charge in [-0.1, -0.05) is 0 Å². The lowest BCUT2D eigenvalue weighted by Gasteiger charge is -2.30. The minimum atomic E-state index is -0.483. The Bertz CT molecular complexity index is 1080. The molecular formula is C25H35N5O4. The Morgan fingerprint density at radius 3 is 2.59 bits per heavy atom. The SMILES string of the molecule is Cn1nc(C2CCC(=O)NC2=O)c2ccc(NC3CCC(CNC(=O)OC(C)(C)C)CC3)cc21. The maximum Gasteiger partial charge on any atom is 0.407 e. The molecule has 9 heteroatoms. The van der Waals surface area contributed by atoms with Crippen molar-refractivity contribution >= 4 is 34.5 Å². The van der Waals surface area contributed by atoms with Crippen molar-refractivity contribution < 1.29 is 19.1 Å². The average molecular weight is 470 g/mol. The molecule has 1 saturated carbocycles. The number of carbonyl (C=O) groups is 3. The summed E-state index contributed by atoms with van der Waals surface area (Å²) in [6.45, 7) is 6.23. The maximum atomic E-state index is 12.3. The van der Waals surface area contributed by atoms with Gasteiger partial charge in [0.15, 0.2) is 0 Å². The maximum absolute atomic E-state index is 12.3. The molecule has 0 radical (unpaired) electrons. The molecule has 1 saturated heterocycles. The van der Waals surface area contributed by atoms with E-state index in [4.69, 9.17) is 4.74 Å². The predicted octanol–water partition coefficient (Wildman–Crippen LogP) is 3.59. The summed E-state index contributed by atoms with van der Waals surface area (Å²) in [5.41, 5.74) is 2.23. The first-order valence-corrected chi connectivity index (χ1v) is 12.1. The highest BCUT2D eigenvalue weighted by Gasteiger charge is 2.31. The van der Waals surface area contributed by atoms with Gasteiger partial charge in [0, 0.05) is 37.1 Å². The number of nitrogens with one attached hydrogen (secondary N) is 3. The number of piperidine rings is 1. The fourth-order valence-corrected chi connectivity index (χ4v) is 4.88. The molecule has 1 aliphatic carbocycles. The molecule has 1 aromatic carbocycles. The first-order valence-electron chi connectivity index (χ1n) is 12.1. The topological polar surface area (TPSA) is 114 Å². The van der Waals surface area contributed by atoms with Crippen molar-refractivity contribution in [2.45, 2.75) is 76.9 Å². The second-order valence-electron chi connectivity index (χ2n) is 10.5. The molecule has 1 atom stereocenters. The normalized spacial score (nSPS) is 23.5. The summed E-state index contributed by atoms with van der Waals surface area (Å²) in [6, 6.07) is 6.50. The van der Waals surface area contributed by atoms with Gasteiger partial charge in [0.05, 0.1) is 17.1 Å². The second kappa shape index (κ2) is 9.64. The van der Waals surface area contributed by atoms with Crippen LogP contribution in [0.25, 0.3) is 10.9 Å². The smallest absolute Gasteiger partial charge is 0.407 e. The van der Waals surface area contributed by atoms with E-state index in [2.05, 4.69) is 27.1 Å². The minimum absolute atomic E-state index is 0.219. The van der Waals surface area contributed by atoms with E-state index < -0.39 is 11.5 Å². The Morgan fingerprint density at radius 2 is 1.91 bits per heavy atom. The van der Waals surface area contributed by atoms with E-state index in [0.717, 1.165) is 48.0 Å². The zero-order chi connectivity index (χ0) is 24.5. The Morgan fingerprint density at radius 1 is 1.18 bits per heavy atom. The number of benzene rings is 1. The molecule has 0 spiro atoms. The van der Waals surface area contributed by atoms with Gasteiger partial charge in [-0.25, -0.2) is 4.79 Å². The van der Waals surface area contributed by atoms with E-state index in [0.29, 0.717) is 31.3 Å². The van der Waals surface area contributed by atoms with Gasteiger partial charge in [-0.2, -0.15) is 5.10 Å². The highest BCUT2D eigenvalue weighted by Crippen LogP contribution is 2.32. The molecule has 184 valence electrons. The number of hydrogen-bond acceptors (Lipinski definition) is 6. The first-order chi connectivity index (χ1) is 16.1. The third-order valence-corrected chi connectivity index (χ3v) is 6.60. The van der Waals surface area contributed by atoms with Crippen LogP contribution in [0.3, 0.4) is 0 Å². The monoisotopic (exact) mass is 469 g/mol. The van der Waals surface area contributed by atoms with Crippen LogP contribution in [0.2, 0.25) is 0 Å². The number of imide groups is 1. The highest BCUT2D eigenvalue weighted by molar-refractivity contribution is 6.02. The number of aryl methyl sites for hydroxylation is 1. The summed E-state index contributed by atoms with van der Waals surface area (Å²) in [4.78, 5) is 35.7. The van der Waals surface area contributed by atoms with Gasteiger partial charge in [0.1, 0.15) is 5.60 Å². The van der Waals surface area contributed by atoms with Crippen LogP contribution in [-0.2, 0) is 21.4 Å². The van der Waals surface area contributed by atoms with Crippen LogP contribution in [0.15, 0.2) is 18.2 Å². The number of carbonyl (C=O) groups excluding carboxylic acids is 3. The summed E-state index contributed by atoms with van der Waals surface area (Å²) in [6.07, 6.45) is 4.63. The van der Waals surface area contributed by atoms with Crippen LogP contribution in [0.4, 0.5) is 10.5 Å². The second-order valence-corrected chi connectivity index (χ2v) is 10.5. The van der Waals surface area contributed by atoms with E-state index in [1.165, 1.54) is 0 Å². The number of nitrogens with zero attached hydrogens (tertiary/aromatic N) is 2. The lowest BCUT2D eigenvalue weighted by atomic mass is 9.86. The van der Waals surface area contributed by atoms with Crippen molar-refractivity contribution in [3.8, 4) is 0 Å². The first kappa shape index (κ1) is 24.0. The molecule has 9 nitrogen and oxygen atoms in total. The molecule has 3 N–H and O–H groups in total. The lowest BCUT2D eigenvalue weighted by molar-refractivity contribution is -0.134. The summed E-state index contributed by atoms with van der Waals surface area (Å²) in [5.74, 6) is -0.425. The molecular weight excluding hydrogens is 434 g/mol. The third-order valence-electron chi connectivity index (χ3n) is 6.60. The van der Waals surface area contributed by atoms with Crippen LogP contribution in [0.5, 0.6) is 0 Å². The van der Waals surface area contributed by atoms with Gasteiger partial charge in [0.2, 0.25) is 11.8 Å². The standard InChI is InChI=1S/C25H35N5O4/c1-25(2,3)34-24(33)26-14-15-5-7-16(8-6-15)27-17-9-10-18-20(13-17)30(4)29-22(18)19-11-12-21(31)28-23(19)32/h9-10,13,15-16,19,27H,5-8,11-12,14H2,1-4H3,(H,26,33)(H,28,31,32). The lowest BCUT2D eigenvalue weighted by Crippen LogP contribution is -2.39. The van der Waals surface area contributed by atoms with Crippen LogP contribution in [0, 0.1) is 5.92 Å². The van der Waals surface area contributed by atoms with E-state index in [-0.39, 0.29) is 17.9 Å². The quantitative estimate of drug-likeness (QED) is 0.577. The molecule has 0 bridgehead atoms. The Hall–Kier alpha value is -3.10. The van der Waals surface area contributed by atoms with E-state index >= 15 is 0 Å². The van der Waals surface area contributed by atoms with Crippen molar-refractivity contribution in [1.29, 1.82) is 0 Å². The van der Waals surface area contributed by atoms with Gasteiger partial charge >= 0.3 is 6.09 Å². The summed E-state index contributed by atoms with van der Waals surface area (Å²) in [5, 5.41) is 14.5. The largest absolute Gasteiger partial charge is 0.444 e. The number of fused-ring (bicyclic) bond motifs is 1. The molecule has 2 heterocycles. The van der Waals surface area contributed by atoms with Crippen molar-refractivity contribution in [3.05, 3.63) is 23.9 Å². The van der Waals surface area contributed by atoms with E-state index in [1.807, 2.05) is 40.0 Å². The number of ether oxygens (including phenoxy) is 1. The van der Waals surface area contributed by atoms with E-state index in [1.54, 1.807) is 4.68 Å².